The Labute approximate surface area is 117 Å². The third-order valence-electron chi connectivity index (χ3n) is 3.32. The molecule has 112 valence electrons. The number of nitrogens with one attached hydrogen (secondary N) is 1. The molecule has 0 aromatic carbocycles. The largest absolute Gasteiger partial charge is 0.444 e. The first kappa shape index (κ1) is 16.3. The summed E-state index contributed by atoms with van der Waals surface area (Å²) in [4.78, 5) is 13.9. The summed E-state index contributed by atoms with van der Waals surface area (Å²) in [5.74, 6) is 0.848. The van der Waals surface area contributed by atoms with Gasteiger partial charge in [0.1, 0.15) is 5.60 Å². The molecule has 1 N–H and O–H groups in total. The van der Waals surface area contributed by atoms with Gasteiger partial charge in [0, 0.05) is 25.7 Å². The van der Waals surface area contributed by atoms with Gasteiger partial charge >= 0.3 is 6.09 Å². The lowest BCUT2D eigenvalue weighted by atomic mass is 10.2. The van der Waals surface area contributed by atoms with Crippen LogP contribution in [-0.4, -0.2) is 42.3 Å². The van der Waals surface area contributed by atoms with Crippen molar-refractivity contribution in [1.82, 2.24) is 10.2 Å². The average molecular weight is 270 g/mol. The number of carbonyl (C=O) groups is 1. The van der Waals surface area contributed by atoms with E-state index in [-0.39, 0.29) is 6.09 Å². The standard InChI is InChI=1S/C15H30N2O2/c1-6-10-17(14(18)19-15(3,4)5)11-9-16-12(2)13-7-8-13/h12-13,16H,6-11H2,1-5H3. The Morgan fingerprint density at radius 3 is 2.47 bits per heavy atom. The van der Waals surface area contributed by atoms with Gasteiger partial charge in [0.15, 0.2) is 0 Å². The van der Waals surface area contributed by atoms with Gasteiger partial charge in [0.25, 0.3) is 0 Å². The molecule has 1 aliphatic carbocycles. The smallest absolute Gasteiger partial charge is 0.410 e. The molecule has 0 saturated heterocycles. The highest BCUT2D eigenvalue weighted by atomic mass is 16.6. The summed E-state index contributed by atoms with van der Waals surface area (Å²) in [6.45, 7) is 12.4. The number of amides is 1. The van der Waals surface area contributed by atoms with Gasteiger partial charge in [0.2, 0.25) is 0 Å². The number of carbonyl (C=O) groups excluding carboxylic acids is 1. The van der Waals surface area contributed by atoms with Crippen LogP contribution in [0.3, 0.4) is 0 Å². The topological polar surface area (TPSA) is 41.6 Å². The highest BCUT2D eigenvalue weighted by Crippen LogP contribution is 2.32. The highest BCUT2D eigenvalue weighted by Gasteiger charge is 2.27. The third kappa shape index (κ3) is 6.81. The minimum atomic E-state index is -0.419. The van der Waals surface area contributed by atoms with Crippen LogP contribution in [0.25, 0.3) is 0 Å². The van der Waals surface area contributed by atoms with Crippen LogP contribution >= 0.6 is 0 Å². The minimum Gasteiger partial charge on any atom is -0.444 e. The lowest BCUT2D eigenvalue weighted by Gasteiger charge is -2.27. The van der Waals surface area contributed by atoms with Crippen molar-refractivity contribution in [3.05, 3.63) is 0 Å². The Kier molecular flexibility index (Phi) is 6.11. The molecule has 19 heavy (non-hydrogen) atoms. The second kappa shape index (κ2) is 7.13. The summed E-state index contributed by atoms with van der Waals surface area (Å²) in [7, 11) is 0. The van der Waals surface area contributed by atoms with Crippen molar-refractivity contribution in [3.8, 4) is 0 Å². The number of hydrogen-bond donors (Lipinski definition) is 1. The van der Waals surface area contributed by atoms with Gasteiger partial charge in [-0.15, -0.1) is 0 Å². The van der Waals surface area contributed by atoms with E-state index in [1.54, 1.807) is 4.90 Å². The number of rotatable bonds is 7. The van der Waals surface area contributed by atoms with Gasteiger partial charge in [-0.2, -0.15) is 0 Å². The van der Waals surface area contributed by atoms with E-state index in [4.69, 9.17) is 4.74 Å². The molecule has 0 bridgehead atoms. The zero-order valence-corrected chi connectivity index (χ0v) is 13.2. The zero-order valence-electron chi connectivity index (χ0n) is 13.2. The maximum Gasteiger partial charge on any atom is 0.410 e. The average Bonchev–Trinajstić information content (AvgIpc) is 3.08. The summed E-state index contributed by atoms with van der Waals surface area (Å²) < 4.78 is 5.43. The Hall–Kier alpha value is -0.770. The molecule has 1 amide bonds. The van der Waals surface area contributed by atoms with Crippen molar-refractivity contribution in [1.29, 1.82) is 0 Å². The van der Waals surface area contributed by atoms with Crippen molar-refractivity contribution >= 4 is 6.09 Å². The quantitative estimate of drug-likeness (QED) is 0.773. The second-order valence-corrected chi connectivity index (χ2v) is 6.55. The van der Waals surface area contributed by atoms with E-state index >= 15 is 0 Å². The number of ether oxygens (including phenoxy) is 1. The van der Waals surface area contributed by atoms with E-state index in [1.165, 1.54) is 12.8 Å². The van der Waals surface area contributed by atoms with Crippen LogP contribution in [0.15, 0.2) is 0 Å². The number of nitrogens with zero attached hydrogens (tertiary/aromatic N) is 1. The molecule has 4 nitrogen and oxygen atoms in total. The predicted molar refractivity (Wildman–Crippen MR) is 78.3 cm³/mol. The molecule has 0 radical (unpaired) electrons. The van der Waals surface area contributed by atoms with E-state index in [2.05, 4.69) is 19.2 Å². The van der Waals surface area contributed by atoms with Gasteiger partial charge in [0.05, 0.1) is 0 Å². The maximum atomic E-state index is 12.0. The van der Waals surface area contributed by atoms with E-state index in [1.807, 2.05) is 20.8 Å². The zero-order chi connectivity index (χ0) is 14.5. The molecule has 1 saturated carbocycles. The second-order valence-electron chi connectivity index (χ2n) is 6.55. The summed E-state index contributed by atoms with van der Waals surface area (Å²) >= 11 is 0. The van der Waals surface area contributed by atoms with Gasteiger partial charge in [-0.25, -0.2) is 4.79 Å². The van der Waals surface area contributed by atoms with Gasteiger partial charge in [-0.3, -0.25) is 0 Å². The van der Waals surface area contributed by atoms with Crippen LogP contribution in [0.1, 0.15) is 53.9 Å². The van der Waals surface area contributed by atoms with Crippen LogP contribution < -0.4 is 5.32 Å². The fourth-order valence-electron chi connectivity index (χ4n) is 2.08. The molecular formula is C15H30N2O2. The predicted octanol–water partition coefficient (Wildman–Crippen LogP) is 3.02. The van der Waals surface area contributed by atoms with E-state index in [9.17, 15) is 4.79 Å². The fraction of sp³-hybridized carbons (Fsp3) is 0.933. The van der Waals surface area contributed by atoms with Crippen LogP contribution in [-0.2, 0) is 4.74 Å². The van der Waals surface area contributed by atoms with Gasteiger partial charge < -0.3 is 15.0 Å². The van der Waals surface area contributed by atoms with E-state index in [0.717, 1.165) is 32.0 Å². The SMILES string of the molecule is CCCN(CCNC(C)C1CC1)C(=O)OC(C)(C)C. The highest BCUT2D eigenvalue weighted by molar-refractivity contribution is 5.68. The Morgan fingerprint density at radius 2 is 2.00 bits per heavy atom. The molecule has 1 aliphatic rings. The van der Waals surface area contributed by atoms with Crippen LogP contribution in [0, 0.1) is 5.92 Å². The van der Waals surface area contributed by atoms with Crippen LogP contribution in [0.4, 0.5) is 4.79 Å². The first-order valence-corrected chi connectivity index (χ1v) is 7.54. The van der Waals surface area contributed by atoms with Crippen molar-refractivity contribution < 1.29 is 9.53 Å². The van der Waals surface area contributed by atoms with Crippen molar-refractivity contribution in [2.45, 2.75) is 65.5 Å². The molecule has 4 heteroatoms. The third-order valence-corrected chi connectivity index (χ3v) is 3.32. The fourth-order valence-corrected chi connectivity index (χ4v) is 2.08. The molecule has 1 atom stereocenters. The Bertz CT molecular complexity index is 282. The molecule has 1 unspecified atom stereocenters. The molecule has 1 rings (SSSR count). The molecular weight excluding hydrogens is 240 g/mol. The van der Waals surface area contributed by atoms with Crippen molar-refractivity contribution in [3.63, 3.8) is 0 Å². The van der Waals surface area contributed by atoms with Crippen LogP contribution in [0.2, 0.25) is 0 Å². The summed E-state index contributed by atoms with van der Waals surface area (Å²) in [5.41, 5.74) is -0.419. The van der Waals surface area contributed by atoms with E-state index < -0.39 is 5.60 Å². The van der Waals surface area contributed by atoms with Crippen molar-refractivity contribution in [2.24, 2.45) is 5.92 Å². The minimum absolute atomic E-state index is 0.199. The lowest BCUT2D eigenvalue weighted by Crippen LogP contribution is -2.42. The first-order chi connectivity index (χ1) is 8.83. The monoisotopic (exact) mass is 270 g/mol. The molecule has 0 heterocycles. The Morgan fingerprint density at radius 1 is 1.37 bits per heavy atom. The Balaban J connectivity index is 2.31. The van der Waals surface area contributed by atoms with Crippen molar-refractivity contribution in [2.75, 3.05) is 19.6 Å². The van der Waals surface area contributed by atoms with Gasteiger partial charge in [-0.05, 0) is 52.9 Å². The first-order valence-electron chi connectivity index (χ1n) is 7.54. The maximum absolute atomic E-state index is 12.0. The molecule has 0 aromatic rings. The van der Waals surface area contributed by atoms with E-state index in [0.29, 0.717) is 6.04 Å². The summed E-state index contributed by atoms with van der Waals surface area (Å²) in [6, 6.07) is 0.571. The number of hydrogen-bond acceptors (Lipinski definition) is 3. The molecule has 0 spiro atoms. The summed E-state index contributed by atoms with van der Waals surface area (Å²) in [5, 5.41) is 3.50. The van der Waals surface area contributed by atoms with Gasteiger partial charge in [-0.1, -0.05) is 6.92 Å². The lowest BCUT2D eigenvalue weighted by molar-refractivity contribution is 0.0250. The molecule has 1 fully saturated rings. The summed E-state index contributed by atoms with van der Waals surface area (Å²) in [6.07, 6.45) is 3.45. The molecule has 0 aromatic heterocycles. The molecule has 0 aliphatic heterocycles. The normalized spacial score (nSPS) is 17.1. The van der Waals surface area contributed by atoms with Crippen LogP contribution in [0.5, 0.6) is 0 Å².